The highest BCUT2D eigenvalue weighted by Crippen LogP contribution is 2.31. The third kappa shape index (κ3) is 4.76. The van der Waals surface area contributed by atoms with Crippen LogP contribution in [0.3, 0.4) is 0 Å². The molecule has 0 N–H and O–H groups in total. The standard InChI is InChI=1S/C15H24O2/c1-11(2)5-4-6-13-7-9-14(10-8-13)12(3)15(16)17/h5,7,12,14H,4,6,8-10H2,1-3H3,(H,16,17)/p-1. The largest absolute Gasteiger partial charge is 0.550 e. The zero-order chi connectivity index (χ0) is 12.8. The van der Waals surface area contributed by atoms with Gasteiger partial charge in [0.2, 0.25) is 0 Å². The molecule has 0 amide bonds. The van der Waals surface area contributed by atoms with Crippen molar-refractivity contribution in [2.24, 2.45) is 11.8 Å². The fourth-order valence-electron chi connectivity index (χ4n) is 2.33. The molecule has 2 unspecified atom stereocenters. The van der Waals surface area contributed by atoms with E-state index in [2.05, 4.69) is 26.0 Å². The van der Waals surface area contributed by atoms with Gasteiger partial charge in [0.1, 0.15) is 0 Å². The molecule has 2 atom stereocenters. The summed E-state index contributed by atoms with van der Waals surface area (Å²) in [4.78, 5) is 10.8. The first kappa shape index (κ1) is 14.0. The lowest BCUT2D eigenvalue weighted by molar-refractivity contribution is -0.312. The van der Waals surface area contributed by atoms with E-state index >= 15 is 0 Å². The molecule has 2 heteroatoms. The molecule has 0 saturated carbocycles. The van der Waals surface area contributed by atoms with Crippen LogP contribution in [0.2, 0.25) is 0 Å². The van der Waals surface area contributed by atoms with Crippen LogP contribution >= 0.6 is 0 Å². The molecule has 0 fully saturated rings. The van der Waals surface area contributed by atoms with E-state index in [0.717, 1.165) is 32.1 Å². The minimum Gasteiger partial charge on any atom is -0.550 e. The summed E-state index contributed by atoms with van der Waals surface area (Å²) in [5.41, 5.74) is 2.86. The fraction of sp³-hybridized carbons (Fsp3) is 0.667. The van der Waals surface area contributed by atoms with Gasteiger partial charge in [-0.1, -0.05) is 30.2 Å². The Bertz CT molecular complexity index is 322. The lowest BCUT2D eigenvalue weighted by Crippen LogP contribution is -2.34. The number of carboxylic acids is 1. The summed E-state index contributed by atoms with van der Waals surface area (Å²) in [5, 5.41) is 10.8. The van der Waals surface area contributed by atoms with E-state index in [0.29, 0.717) is 0 Å². The molecular formula is C15H23O2-. The van der Waals surface area contributed by atoms with E-state index in [4.69, 9.17) is 0 Å². The normalized spacial score (nSPS) is 21.6. The molecule has 1 aliphatic carbocycles. The van der Waals surface area contributed by atoms with E-state index in [1.165, 1.54) is 11.1 Å². The lowest BCUT2D eigenvalue weighted by atomic mass is 9.80. The van der Waals surface area contributed by atoms with Crippen LogP contribution in [-0.2, 0) is 4.79 Å². The highest BCUT2D eigenvalue weighted by Gasteiger charge is 2.20. The van der Waals surface area contributed by atoms with Crippen molar-refractivity contribution < 1.29 is 9.90 Å². The van der Waals surface area contributed by atoms with Crippen LogP contribution in [0.25, 0.3) is 0 Å². The fourth-order valence-corrected chi connectivity index (χ4v) is 2.33. The molecule has 1 aliphatic rings. The van der Waals surface area contributed by atoms with Crippen LogP contribution in [0.15, 0.2) is 23.3 Å². The van der Waals surface area contributed by atoms with E-state index in [1.54, 1.807) is 6.92 Å². The Hall–Kier alpha value is -1.05. The lowest BCUT2D eigenvalue weighted by Gasteiger charge is -2.27. The van der Waals surface area contributed by atoms with Gasteiger partial charge in [0, 0.05) is 5.97 Å². The second kappa shape index (κ2) is 6.63. The molecule has 0 heterocycles. The van der Waals surface area contributed by atoms with Gasteiger partial charge < -0.3 is 9.90 Å². The zero-order valence-corrected chi connectivity index (χ0v) is 11.2. The van der Waals surface area contributed by atoms with Gasteiger partial charge in [-0.25, -0.2) is 0 Å². The molecule has 0 spiro atoms. The SMILES string of the molecule is CC(C)=CCCC1=CCC(C(C)C(=O)[O-])CC1. The number of hydrogen-bond donors (Lipinski definition) is 0. The summed E-state index contributed by atoms with van der Waals surface area (Å²) in [7, 11) is 0. The molecule has 0 aliphatic heterocycles. The molecule has 0 radical (unpaired) electrons. The number of carbonyl (C=O) groups is 1. The average molecular weight is 235 g/mol. The number of allylic oxidation sites excluding steroid dienone is 4. The first-order valence-electron chi connectivity index (χ1n) is 6.53. The van der Waals surface area contributed by atoms with Gasteiger partial charge in [-0.3, -0.25) is 0 Å². The van der Waals surface area contributed by atoms with E-state index in [-0.39, 0.29) is 11.8 Å². The molecule has 0 aromatic carbocycles. The van der Waals surface area contributed by atoms with Crippen molar-refractivity contribution in [3.8, 4) is 0 Å². The Morgan fingerprint density at radius 2 is 2.29 bits per heavy atom. The molecule has 1 rings (SSSR count). The molecule has 0 saturated heterocycles. The number of carboxylic acid groups (broad SMARTS) is 1. The third-order valence-electron chi connectivity index (χ3n) is 3.64. The van der Waals surface area contributed by atoms with Crippen molar-refractivity contribution in [2.45, 2.75) is 52.9 Å². The minimum absolute atomic E-state index is 0.271. The summed E-state index contributed by atoms with van der Waals surface area (Å²) in [6.07, 6.45) is 9.68. The summed E-state index contributed by atoms with van der Waals surface area (Å²) >= 11 is 0. The molecule has 17 heavy (non-hydrogen) atoms. The maximum Gasteiger partial charge on any atom is 0.0445 e. The van der Waals surface area contributed by atoms with Crippen LogP contribution < -0.4 is 5.11 Å². The van der Waals surface area contributed by atoms with E-state index in [1.807, 2.05) is 0 Å². The first-order chi connectivity index (χ1) is 8.00. The van der Waals surface area contributed by atoms with Gasteiger partial charge in [-0.05, 0) is 57.8 Å². The Morgan fingerprint density at radius 1 is 1.59 bits per heavy atom. The Labute approximate surface area is 104 Å². The quantitative estimate of drug-likeness (QED) is 0.687. The number of hydrogen-bond acceptors (Lipinski definition) is 2. The topological polar surface area (TPSA) is 40.1 Å². The van der Waals surface area contributed by atoms with Gasteiger partial charge in [-0.15, -0.1) is 0 Å². The highest BCUT2D eigenvalue weighted by molar-refractivity contribution is 5.67. The Balaban J connectivity index is 2.39. The van der Waals surface area contributed by atoms with Crippen molar-refractivity contribution in [3.05, 3.63) is 23.3 Å². The van der Waals surface area contributed by atoms with Gasteiger partial charge >= 0.3 is 0 Å². The number of aliphatic carboxylic acids is 1. The van der Waals surface area contributed by atoms with Gasteiger partial charge in [0.05, 0.1) is 0 Å². The molecule has 2 nitrogen and oxygen atoms in total. The van der Waals surface area contributed by atoms with Crippen molar-refractivity contribution in [3.63, 3.8) is 0 Å². The summed E-state index contributed by atoms with van der Waals surface area (Å²) < 4.78 is 0. The molecule has 0 aromatic rings. The zero-order valence-electron chi connectivity index (χ0n) is 11.2. The monoisotopic (exact) mass is 235 g/mol. The molecule has 0 bridgehead atoms. The first-order valence-corrected chi connectivity index (χ1v) is 6.53. The smallest absolute Gasteiger partial charge is 0.0445 e. The van der Waals surface area contributed by atoms with Crippen molar-refractivity contribution in [1.82, 2.24) is 0 Å². The Kier molecular flexibility index (Phi) is 5.46. The summed E-state index contributed by atoms with van der Waals surface area (Å²) in [6, 6.07) is 0. The summed E-state index contributed by atoms with van der Waals surface area (Å²) in [6.45, 7) is 6.00. The molecular weight excluding hydrogens is 212 g/mol. The van der Waals surface area contributed by atoms with Crippen molar-refractivity contribution in [2.75, 3.05) is 0 Å². The highest BCUT2D eigenvalue weighted by atomic mass is 16.4. The van der Waals surface area contributed by atoms with E-state index < -0.39 is 5.97 Å². The van der Waals surface area contributed by atoms with Gasteiger partial charge in [0.25, 0.3) is 0 Å². The van der Waals surface area contributed by atoms with E-state index in [9.17, 15) is 9.90 Å². The van der Waals surface area contributed by atoms with Crippen LogP contribution in [0, 0.1) is 11.8 Å². The molecule has 96 valence electrons. The van der Waals surface area contributed by atoms with Crippen LogP contribution in [0.1, 0.15) is 52.9 Å². The average Bonchev–Trinajstić information content (AvgIpc) is 2.28. The predicted molar refractivity (Wildman–Crippen MR) is 68.3 cm³/mol. The van der Waals surface area contributed by atoms with Crippen LogP contribution in [0.5, 0.6) is 0 Å². The minimum atomic E-state index is -0.906. The van der Waals surface area contributed by atoms with Crippen LogP contribution in [-0.4, -0.2) is 5.97 Å². The van der Waals surface area contributed by atoms with Crippen LogP contribution in [0.4, 0.5) is 0 Å². The maximum absolute atomic E-state index is 10.8. The Morgan fingerprint density at radius 3 is 2.76 bits per heavy atom. The van der Waals surface area contributed by atoms with Gasteiger partial charge in [0.15, 0.2) is 0 Å². The molecule has 0 aromatic heterocycles. The maximum atomic E-state index is 10.8. The second-order valence-corrected chi connectivity index (χ2v) is 5.32. The van der Waals surface area contributed by atoms with Crippen molar-refractivity contribution in [1.29, 1.82) is 0 Å². The third-order valence-corrected chi connectivity index (χ3v) is 3.64. The summed E-state index contributed by atoms with van der Waals surface area (Å²) in [5.74, 6) is -0.950. The number of rotatable bonds is 5. The van der Waals surface area contributed by atoms with Crippen molar-refractivity contribution >= 4 is 5.97 Å². The predicted octanol–water partition coefficient (Wildman–Crippen LogP) is 2.85. The number of carbonyl (C=O) groups excluding carboxylic acids is 1. The second-order valence-electron chi connectivity index (χ2n) is 5.32. The van der Waals surface area contributed by atoms with Gasteiger partial charge in [-0.2, -0.15) is 0 Å².